The third-order valence-corrected chi connectivity index (χ3v) is 5.43. The molecule has 14 nitrogen and oxygen atoms in total. The summed E-state index contributed by atoms with van der Waals surface area (Å²) in [5.41, 5.74) is 0.514. The highest BCUT2D eigenvalue weighted by atomic mass is 16.7. The zero-order chi connectivity index (χ0) is 27.0. The van der Waals surface area contributed by atoms with E-state index < -0.39 is 80.9 Å². The van der Waals surface area contributed by atoms with Crippen LogP contribution in [0.25, 0.3) is 6.08 Å². The van der Waals surface area contributed by atoms with Crippen molar-refractivity contribution >= 4 is 12.0 Å². The van der Waals surface area contributed by atoms with E-state index in [0.29, 0.717) is 5.56 Å². The third-order valence-electron chi connectivity index (χ3n) is 5.43. The Morgan fingerprint density at radius 2 is 1.72 bits per heavy atom. The topological polar surface area (TPSA) is 236 Å². The maximum atomic E-state index is 12.1. The molecule has 36 heavy (non-hydrogen) atoms. The minimum atomic E-state index is -1.93. The van der Waals surface area contributed by atoms with Crippen molar-refractivity contribution in [2.75, 3.05) is 26.9 Å². The highest BCUT2D eigenvalue weighted by Gasteiger charge is 2.45. The third kappa shape index (κ3) is 7.81. The second kappa shape index (κ2) is 13.8. The molecular weight excluding hydrogens is 488 g/mol. The van der Waals surface area contributed by atoms with E-state index in [1.165, 1.54) is 31.4 Å². The monoisotopic (exact) mass is 520 g/mol. The normalized spacial score (nSPS) is 27.9. The number of aliphatic hydroxyl groups excluding tert-OH is 8. The fourth-order valence-electron chi connectivity index (χ4n) is 3.22. The predicted molar refractivity (Wildman–Crippen MR) is 118 cm³/mol. The van der Waals surface area contributed by atoms with Crippen LogP contribution in [0, 0.1) is 0 Å². The van der Waals surface area contributed by atoms with Crippen LogP contribution in [0.5, 0.6) is 11.5 Å². The molecule has 1 saturated heterocycles. The first-order valence-corrected chi connectivity index (χ1v) is 10.9. The zero-order valence-electron chi connectivity index (χ0n) is 19.3. The summed E-state index contributed by atoms with van der Waals surface area (Å²) < 4.78 is 20.4. The molecule has 1 aliphatic heterocycles. The van der Waals surface area contributed by atoms with Crippen LogP contribution in [0.1, 0.15) is 5.56 Å². The summed E-state index contributed by atoms with van der Waals surface area (Å²) in [7, 11) is 1.36. The lowest BCUT2D eigenvalue weighted by Gasteiger charge is -2.40. The number of benzene rings is 1. The highest BCUT2D eigenvalue weighted by molar-refractivity contribution is 5.87. The predicted octanol–water partition coefficient (Wildman–Crippen LogP) is -3.78. The van der Waals surface area contributed by atoms with Crippen LogP contribution in [0.2, 0.25) is 0 Å². The molecule has 9 atom stereocenters. The van der Waals surface area contributed by atoms with Crippen LogP contribution in [0.4, 0.5) is 0 Å². The van der Waals surface area contributed by atoms with Crippen LogP contribution in [0.15, 0.2) is 24.3 Å². The number of aromatic hydroxyl groups is 1. The molecule has 0 aromatic heterocycles. The van der Waals surface area contributed by atoms with Crippen molar-refractivity contribution in [2.24, 2.45) is 0 Å². The summed E-state index contributed by atoms with van der Waals surface area (Å²) >= 11 is 0. The zero-order valence-corrected chi connectivity index (χ0v) is 19.3. The molecule has 0 radical (unpaired) electrons. The maximum Gasteiger partial charge on any atom is 0.330 e. The van der Waals surface area contributed by atoms with Gasteiger partial charge in [0.05, 0.1) is 20.3 Å². The lowest BCUT2D eigenvalue weighted by Crippen LogP contribution is -2.60. The first kappa shape index (κ1) is 29.9. The molecule has 0 spiro atoms. The molecule has 0 saturated carbocycles. The van der Waals surface area contributed by atoms with Gasteiger partial charge in [0, 0.05) is 6.08 Å². The highest BCUT2D eigenvalue weighted by Crippen LogP contribution is 2.27. The Balaban J connectivity index is 1.92. The minimum Gasteiger partial charge on any atom is -0.504 e. The average Bonchev–Trinajstić information content (AvgIpc) is 2.88. The first-order valence-electron chi connectivity index (χ1n) is 10.9. The Bertz CT molecular complexity index is 863. The SMILES string of the molecule is COc1cc(/C=C/C(=O)OC[C@H]2O[C@@H](OC[C@H](O)[C@@H](O)[C@@H](O)[C@@H](O)CO)[C@H](O)[C@@H](O)[C@@H]2O)ccc1O. The van der Waals surface area contributed by atoms with Gasteiger partial charge in [-0.3, -0.25) is 0 Å². The number of esters is 1. The summed E-state index contributed by atoms with van der Waals surface area (Å²) in [6, 6.07) is 4.36. The second-order valence-electron chi connectivity index (χ2n) is 8.04. The number of phenolic OH excluding ortho intramolecular Hbond substituents is 1. The molecule has 14 heteroatoms. The van der Waals surface area contributed by atoms with Crippen LogP contribution in [-0.2, 0) is 19.0 Å². The van der Waals surface area contributed by atoms with Crippen molar-refractivity contribution < 1.29 is 69.7 Å². The van der Waals surface area contributed by atoms with Crippen molar-refractivity contribution in [1.82, 2.24) is 0 Å². The van der Waals surface area contributed by atoms with Gasteiger partial charge < -0.3 is 64.9 Å². The molecular formula is C22H32O14. The molecule has 9 N–H and O–H groups in total. The summed E-state index contributed by atoms with van der Waals surface area (Å²) in [4.78, 5) is 12.1. The molecule has 2 rings (SSSR count). The molecule has 1 heterocycles. The Morgan fingerprint density at radius 1 is 1.06 bits per heavy atom. The quantitative estimate of drug-likeness (QED) is 0.0950. The van der Waals surface area contributed by atoms with E-state index in [0.717, 1.165) is 6.08 Å². The summed E-state index contributed by atoms with van der Waals surface area (Å²) in [6.45, 7) is -2.18. The summed E-state index contributed by atoms with van der Waals surface area (Å²) in [6.07, 6.45) is -13.1. The molecule has 0 aliphatic carbocycles. The Morgan fingerprint density at radius 3 is 2.36 bits per heavy atom. The lowest BCUT2D eigenvalue weighted by molar-refractivity contribution is -0.307. The van der Waals surface area contributed by atoms with Gasteiger partial charge in [0.2, 0.25) is 0 Å². The minimum absolute atomic E-state index is 0.0841. The Hall–Kier alpha value is -2.37. The number of carbonyl (C=O) groups excluding carboxylic acids is 1. The van der Waals surface area contributed by atoms with Crippen LogP contribution >= 0.6 is 0 Å². The van der Waals surface area contributed by atoms with Crippen molar-refractivity contribution in [3.63, 3.8) is 0 Å². The van der Waals surface area contributed by atoms with Crippen molar-refractivity contribution in [3.05, 3.63) is 29.8 Å². The number of hydrogen-bond acceptors (Lipinski definition) is 14. The van der Waals surface area contributed by atoms with Gasteiger partial charge in [-0.1, -0.05) is 6.07 Å². The van der Waals surface area contributed by atoms with Crippen molar-refractivity contribution in [1.29, 1.82) is 0 Å². The van der Waals surface area contributed by atoms with Gasteiger partial charge in [-0.05, 0) is 23.8 Å². The number of rotatable bonds is 12. The Labute approximate surface area is 205 Å². The van der Waals surface area contributed by atoms with Gasteiger partial charge in [0.1, 0.15) is 55.4 Å². The van der Waals surface area contributed by atoms with E-state index in [-0.39, 0.29) is 11.5 Å². The maximum absolute atomic E-state index is 12.1. The van der Waals surface area contributed by atoms with Gasteiger partial charge in [-0.2, -0.15) is 0 Å². The molecule has 1 aromatic carbocycles. The number of carbonyl (C=O) groups is 1. The number of aliphatic hydroxyl groups is 8. The average molecular weight is 520 g/mol. The van der Waals surface area contributed by atoms with Gasteiger partial charge in [0.15, 0.2) is 17.8 Å². The molecule has 0 amide bonds. The molecule has 204 valence electrons. The fraction of sp³-hybridized carbons (Fsp3) is 0.591. The van der Waals surface area contributed by atoms with E-state index >= 15 is 0 Å². The van der Waals surface area contributed by atoms with Crippen LogP contribution in [0.3, 0.4) is 0 Å². The standard InChI is InChI=1S/C22H32O14/c1-33-14-6-10(2-4-11(14)24)3-5-16(27)34-9-15-19(30)20(31)21(32)22(36-15)35-8-13(26)18(29)17(28)12(25)7-23/h2-6,12-13,15,17-26,28-32H,7-9H2,1H3/b5-3+/t12-,13-,15+,17-,18+,19+,20-,21+,22+/m0/s1. The van der Waals surface area contributed by atoms with E-state index in [1.54, 1.807) is 0 Å². The molecule has 0 bridgehead atoms. The number of ether oxygens (including phenoxy) is 4. The van der Waals surface area contributed by atoms with Gasteiger partial charge in [-0.25, -0.2) is 4.79 Å². The molecule has 1 aromatic rings. The van der Waals surface area contributed by atoms with Crippen LogP contribution < -0.4 is 4.74 Å². The van der Waals surface area contributed by atoms with Gasteiger partial charge in [0.25, 0.3) is 0 Å². The Kier molecular flexibility index (Phi) is 11.4. The smallest absolute Gasteiger partial charge is 0.330 e. The number of hydrogen-bond donors (Lipinski definition) is 9. The lowest BCUT2D eigenvalue weighted by atomic mass is 9.99. The number of methoxy groups -OCH3 is 1. The fourth-order valence-corrected chi connectivity index (χ4v) is 3.22. The molecule has 1 fully saturated rings. The largest absolute Gasteiger partial charge is 0.504 e. The van der Waals surface area contributed by atoms with Gasteiger partial charge in [-0.15, -0.1) is 0 Å². The second-order valence-corrected chi connectivity index (χ2v) is 8.04. The number of phenols is 1. The summed E-state index contributed by atoms with van der Waals surface area (Å²) in [5.74, 6) is -0.732. The van der Waals surface area contributed by atoms with Crippen molar-refractivity contribution in [3.8, 4) is 11.5 Å². The summed E-state index contributed by atoms with van der Waals surface area (Å²) in [5, 5.41) is 87.5. The van der Waals surface area contributed by atoms with E-state index in [9.17, 15) is 45.6 Å². The van der Waals surface area contributed by atoms with E-state index in [1.807, 2.05) is 0 Å². The van der Waals surface area contributed by atoms with Crippen LogP contribution in [-0.4, -0.2) is 134 Å². The van der Waals surface area contributed by atoms with Crippen molar-refractivity contribution in [2.45, 2.75) is 55.1 Å². The van der Waals surface area contributed by atoms with Gasteiger partial charge >= 0.3 is 5.97 Å². The first-order chi connectivity index (χ1) is 17.0. The molecule has 1 aliphatic rings. The van der Waals surface area contributed by atoms with E-state index in [2.05, 4.69) is 0 Å². The van der Waals surface area contributed by atoms with E-state index in [4.69, 9.17) is 24.1 Å². The molecule has 0 unspecified atom stereocenters.